The number of hydrogen-bond donors (Lipinski definition) is 1. The van der Waals surface area contributed by atoms with Gasteiger partial charge in [0.2, 0.25) is 0 Å². The Morgan fingerprint density at radius 2 is 1.94 bits per heavy atom. The zero-order chi connectivity index (χ0) is 13.6. The molecule has 0 aromatic carbocycles. The third-order valence-corrected chi connectivity index (χ3v) is 3.90. The summed E-state index contributed by atoms with van der Waals surface area (Å²) in [6.45, 7) is 13.0. The Hall–Kier alpha value is -0.770. The molecule has 0 aromatic rings. The fraction of sp³-hybridized carbons (Fsp3) is 0.929. The molecule has 1 N–H and O–H groups in total. The summed E-state index contributed by atoms with van der Waals surface area (Å²) < 4.78 is 5.32. The molecule has 0 radical (unpaired) electrons. The monoisotopic (exact) mass is 254 g/mol. The lowest BCUT2D eigenvalue weighted by Crippen LogP contribution is -2.60. The van der Waals surface area contributed by atoms with Gasteiger partial charge in [0, 0.05) is 19.1 Å². The number of rotatable bonds is 3. The molecular formula is C14H26N2O2. The van der Waals surface area contributed by atoms with Crippen LogP contribution in [0.2, 0.25) is 0 Å². The van der Waals surface area contributed by atoms with Crippen LogP contribution in [0.1, 0.15) is 41.0 Å². The maximum absolute atomic E-state index is 11.7. The van der Waals surface area contributed by atoms with E-state index in [1.165, 1.54) is 6.42 Å². The Kier molecular flexibility index (Phi) is 3.34. The van der Waals surface area contributed by atoms with Crippen molar-refractivity contribution in [3.05, 3.63) is 0 Å². The predicted molar refractivity (Wildman–Crippen MR) is 71.5 cm³/mol. The molecule has 2 fully saturated rings. The van der Waals surface area contributed by atoms with Gasteiger partial charge < -0.3 is 15.0 Å². The number of hydrogen-bond acceptors (Lipinski definition) is 3. The highest BCUT2D eigenvalue weighted by atomic mass is 16.6. The van der Waals surface area contributed by atoms with Gasteiger partial charge in [-0.15, -0.1) is 0 Å². The van der Waals surface area contributed by atoms with E-state index in [0.717, 1.165) is 25.6 Å². The van der Waals surface area contributed by atoms with E-state index >= 15 is 0 Å². The lowest BCUT2D eigenvalue weighted by atomic mass is 10.1. The van der Waals surface area contributed by atoms with Gasteiger partial charge in [-0.3, -0.25) is 0 Å². The normalized spacial score (nSPS) is 26.7. The van der Waals surface area contributed by atoms with Gasteiger partial charge in [-0.25, -0.2) is 4.79 Å². The minimum absolute atomic E-state index is 0.188. The van der Waals surface area contributed by atoms with Crippen LogP contribution in [0.15, 0.2) is 0 Å². The highest BCUT2D eigenvalue weighted by Gasteiger charge is 2.45. The van der Waals surface area contributed by atoms with Gasteiger partial charge in [0.25, 0.3) is 0 Å². The van der Waals surface area contributed by atoms with Crippen LogP contribution in [0.5, 0.6) is 0 Å². The lowest BCUT2D eigenvalue weighted by molar-refractivity contribution is 0.00520. The SMILES string of the molecule is CC(C)(C)OC(=O)N1CC(NCC2CC2(C)C)C1. The van der Waals surface area contributed by atoms with Crippen molar-refractivity contribution in [3.63, 3.8) is 0 Å². The fourth-order valence-corrected chi connectivity index (χ4v) is 2.32. The van der Waals surface area contributed by atoms with E-state index in [-0.39, 0.29) is 6.09 Å². The van der Waals surface area contributed by atoms with Crippen molar-refractivity contribution < 1.29 is 9.53 Å². The van der Waals surface area contributed by atoms with Crippen LogP contribution >= 0.6 is 0 Å². The van der Waals surface area contributed by atoms with Gasteiger partial charge in [-0.05, 0) is 45.1 Å². The van der Waals surface area contributed by atoms with Crippen molar-refractivity contribution in [2.24, 2.45) is 11.3 Å². The molecule has 1 aliphatic heterocycles. The minimum atomic E-state index is -0.395. The summed E-state index contributed by atoms with van der Waals surface area (Å²) in [6.07, 6.45) is 1.13. The molecule has 1 aliphatic carbocycles. The Morgan fingerprint density at radius 1 is 1.39 bits per heavy atom. The van der Waals surface area contributed by atoms with Crippen molar-refractivity contribution in [1.82, 2.24) is 10.2 Å². The first-order valence-electron chi connectivity index (χ1n) is 6.89. The highest BCUT2D eigenvalue weighted by Crippen LogP contribution is 2.51. The van der Waals surface area contributed by atoms with Crippen molar-refractivity contribution in [2.45, 2.75) is 52.7 Å². The van der Waals surface area contributed by atoms with Gasteiger partial charge in [0.1, 0.15) is 5.60 Å². The van der Waals surface area contributed by atoms with Crippen molar-refractivity contribution in [1.29, 1.82) is 0 Å². The standard InChI is InChI=1S/C14H26N2O2/c1-13(2,3)18-12(17)16-8-11(9-16)15-7-10-6-14(10,4)5/h10-11,15H,6-9H2,1-5H3. The fourth-order valence-electron chi connectivity index (χ4n) is 2.32. The first kappa shape index (κ1) is 13.7. The molecule has 1 amide bonds. The van der Waals surface area contributed by atoms with E-state index in [4.69, 9.17) is 4.74 Å². The van der Waals surface area contributed by atoms with E-state index in [1.807, 2.05) is 20.8 Å². The summed E-state index contributed by atoms with van der Waals surface area (Å²) in [5, 5.41) is 3.53. The molecule has 4 heteroatoms. The Morgan fingerprint density at radius 3 is 2.39 bits per heavy atom. The lowest BCUT2D eigenvalue weighted by Gasteiger charge is -2.40. The first-order chi connectivity index (χ1) is 8.17. The number of likely N-dealkylation sites (tertiary alicyclic amines) is 1. The summed E-state index contributed by atoms with van der Waals surface area (Å²) >= 11 is 0. The van der Waals surface area contributed by atoms with Crippen LogP contribution in [0.4, 0.5) is 4.79 Å². The molecule has 1 heterocycles. The molecule has 1 atom stereocenters. The van der Waals surface area contributed by atoms with Gasteiger partial charge in [0.15, 0.2) is 0 Å². The zero-order valence-electron chi connectivity index (χ0n) is 12.2. The van der Waals surface area contributed by atoms with Gasteiger partial charge >= 0.3 is 6.09 Å². The van der Waals surface area contributed by atoms with Gasteiger partial charge in [-0.1, -0.05) is 13.8 Å². The smallest absolute Gasteiger partial charge is 0.410 e. The summed E-state index contributed by atoms with van der Waals surface area (Å²) in [6, 6.07) is 0.453. The van der Waals surface area contributed by atoms with Crippen LogP contribution in [0, 0.1) is 11.3 Å². The highest BCUT2D eigenvalue weighted by molar-refractivity contribution is 5.69. The summed E-state index contributed by atoms with van der Waals surface area (Å²) in [5.41, 5.74) is 0.134. The molecule has 1 unspecified atom stereocenters. The molecule has 1 saturated carbocycles. The Labute approximate surface area is 110 Å². The van der Waals surface area contributed by atoms with Gasteiger partial charge in [-0.2, -0.15) is 0 Å². The maximum atomic E-state index is 11.7. The molecule has 4 nitrogen and oxygen atoms in total. The van der Waals surface area contributed by atoms with Gasteiger partial charge in [0.05, 0.1) is 0 Å². The van der Waals surface area contributed by atoms with E-state index in [2.05, 4.69) is 19.2 Å². The van der Waals surface area contributed by atoms with Crippen molar-refractivity contribution >= 4 is 6.09 Å². The Bertz CT molecular complexity index is 327. The molecule has 1 saturated heterocycles. The Balaban J connectivity index is 1.61. The zero-order valence-corrected chi connectivity index (χ0v) is 12.2. The molecule has 18 heavy (non-hydrogen) atoms. The molecule has 0 bridgehead atoms. The van der Waals surface area contributed by atoms with E-state index in [0.29, 0.717) is 11.5 Å². The second-order valence-corrected chi connectivity index (χ2v) is 7.38. The quantitative estimate of drug-likeness (QED) is 0.840. The van der Waals surface area contributed by atoms with Crippen molar-refractivity contribution in [3.8, 4) is 0 Å². The average Bonchev–Trinajstić information content (AvgIpc) is 2.67. The van der Waals surface area contributed by atoms with Crippen LogP contribution in [-0.4, -0.2) is 42.3 Å². The molecular weight excluding hydrogens is 228 g/mol. The number of amides is 1. The second kappa shape index (κ2) is 4.41. The number of carbonyl (C=O) groups is 1. The predicted octanol–water partition coefficient (Wildman–Crippen LogP) is 2.24. The average molecular weight is 254 g/mol. The van der Waals surface area contributed by atoms with E-state index < -0.39 is 5.60 Å². The van der Waals surface area contributed by atoms with Crippen LogP contribution in [0.25, 0.3) is 0 Å². The number of nitrogens with zero attached hydrogens (tertiary/aromatic N) is 1. The topological polar surface area (TPSA) is 41.6 Å². The van der Waals surface area contributed by atoms with E-state index in [1.54, 1.807) is 4.90 Å². The summed E-state index contributed by atoms with van der Waals surface area (Å²) in [7, 11) is 0. The molecule has 104 valence electrons. The van der Waals surface area contributed by atoms with Crippen LogP contribution < -0.4 is 5.32 Å². The minimum Gasteiger partial charge on any atom is -0.444 e. The maximum Gasteiger partial charge on any atom is 0.410 e. The van der Waals surface area contributed by atoms with E-state index in [9.17, 15) is 4.79 Å². The second-order valence-electron chi connectivity index (χ2n) is 7.38. The van der Waals surface area contributed by atoms with Crippen LogP contribution in [-0.2, 0) is 4.74 Å². The molecule has 2 aliphatic rings. The summed E-state index contributed by atoms with van der Waals surface area (Å²) in [5.74, 6) is 0.813. The number of ether oxygens (including phenoxy) is 1. The molecule has 0 aromatic heterocycles. The number of carbonyl (C=O) groups excluding carboxylic acids is 1. The first-order valence-corrected chi connectivity index (χ1v) is 6.89. The van der Waals surface area contributed by atoms with Crippen molar-refractivity contribution in [2.75, 3.05) is 19.6 Å². The number of nitrogens with one attached hydrogen (secondary N) is 1. The largest absolute Gasteiger partial charge is 0.444 e. The third-order valence-electron chi connectivity index (χ3n) is 3.90. The molecule has 0 spiro atoms. The summed E-state index contributed by atoms with van der Waals surface area (Å²) in [4.78, 5) is 13.5. The van der Waals surface area contributed by atoms with Crippen LogP contribution in [0.3, 0.4) is 0 Å². The third kappa shape index (κ3) is 3.37. The molecule has 2 rings (SSSR count).